The maximum absolute atomic E-state index is 12.8. The number of amides is 3. The third kappa shape index (κ3) is 3.70. The summed E-state index contributed by atoms with van der Waals surface area (Å²) >= 11 is 0. The van der Waals surface area contributed by atoms with Gasteiger partial charge in [0.15, 0.2) is 0 Å². The first kappa shape index (κ1) is 19.4. The molecule has 0 aromatic carbocycles. The molecule has 0 bridgehead atoms. The molecule has 1 N–H and O–H groups in total. The highest BCUT2D eigenvalue weighted by Gasteiger charge is 2.45. The van der Waals surface area contributed by atoms with E-state index in [1.165, 1.54) is 0 Å². The smallest absolute Gasteiger partial charge is 0.320 e. The van der Waals surface area contributed by atoms with Crippen molar-refractivity contribution in [3.63, 3.8) is 0 Å². The molecule has 27 heavy (non-hydrogen) atoms. The maximum atomic E-state index is 12.8. The Bertz CT molecular complexity index is 786. The van der Waals surface area contributed by atoms with E-state index in [1.54, 1.807) is 18.7 Å². The Balaban J connectivity index is 1.68. The fraction of sp³-hybridized carbons (Fsp3) is 0.684. The molecule has 8 heteroatoms. The van der Waals surface area contributed by atoms with Gasteiger partial charge in [-0.3, -0.25) is 9.59 Å². The van der Waals surface area contributed by atoms with Crippen molar-refractivity contribution in [3.8, 4) is 0 Å². The molecule has 3 heterocycles. The highest BCUT2D eigenvalue weighted by molar-refractivity contribution is 5.80. The lowest BCUT2D eigenvalue weighted by molar-refractivity contribution is -0.129. The largest absolute Gasteiger partial charge is 0.340 e. The number of carbonyl (C=O) groups is 2. The minimum Gasteiger partial charge on any atom is -0.340 e. The van der Waals surface area contributed by atoms with E-state index in [9.17, 15) is 14.4 Å². The molecule has 1 aromatic heterocycles. The van der Waals surface area contributed by atoms with Gasteiger partial charge in [0, 0.05) is 49.9 Å². The van der Waals surface area contributed by atoms with Crippen LogP contribution in [0.1, 0.15) is 37.4 Å². The van der Waals surface area contributed by atoms with Gasteiger partial charge >= 0.3 is 6.03 Å². The number of hydrogen-bond donors (Lipinski definition) is 1. The van der Waals surface area contributed by atoms with Gasteiger partial charge in [-0.25, -0.2) is 9.78 Å². The average Bonchev–Trinajstić information content (AvgIpc) is 3.19. The molecule has 0 aliphatic carbocycles. The van der Waals surface area contributed by atoms with E-state index in [4.69, 9.17) is 0 Å². The molecule has 8 nitrogen and oxygen atoms in total. The van der Waals surface area contributed by atoms with E-state index >= 15 is 0 Å². The van der Waals surface area contributed by atoms with Crippen molar-refractivity contribution in [2.75, 3.05) is 32.7 Å². The molecule has 148 valence electrons. The summed E-state index contributed by atoms with van der Waals surface area (Å²) in [6.45, 7) is 10.8. The van der Waals surface area contributed by atoms with Crippen LogP contribution < -0.4 is 5.56 Å². The first-order valence-corrected chi connectivity index (χ1v) is 9.75. The Morgan fingerprint density at radius 1 is 1.22 bits per heavy atom. The molecule has 2 saturated heterocycles. The van der Waals surface area contributed by atoms with Crippen LogP contribution in [0.25, 0.3) is 0 Å². The number of aromatic nitrogens is 2. The van der Waals surface area contributed by atoms with Gasteiger partial charge < -0.3 is 19.7 Å². The summed E-state index contributed by atoms with van der Waals surface area (Å²) in [6, 6.07) is 0.148. The number of aryl methyl sites for hydroxylation is 2. The number of aromatic amines is 1. The number of urea groups is 1. The van der Waals surface area contributed by atoms with Crippen molar-refractivity contribution in [1.29, 1.82) is 0 Å². The minimum absolute atomic E-state index is 0.0535. The number of likely N-dealkylation sites (tertiary alicyclic amines) is 2. The summed E-state index contributed by atoms with van der Waals surface area (Å²) < 4.78 is 0. The molecule has 0 unspecified atom stereocenters. The maximum Gasteiger partial charge on any atom is 0.320 e. The Labute approximate surface area is 159 Å². The molecule has 3 amide bonds. The number of carbonyl (C=O) groups excluding carboxylic acids is 2. The predicted molar refractivity (Wildman–Crippen MR) is 102 cm³/mol. The SMILES string of the molecule is CCN(CC)C(=O)N1CC[C@H]2CN(C(=O)Cc3c(C)nc(C)[nH]c3=O)C[C@H]21. The van der Waals surface area contributed by atoms with E-state index in [0.717, 1.165) is 13.0 Å². The summed E-state index contributed by atoms with van der Waals surface area (Å²) in [4.78, 5) is 50.2. The van der Waals surface area contributed by atoms with Crippen molar-refractivity contribution in [2.45, 2.75) is 46.6 Å². The summed E-state index contributed by atoms with van der Waals surface area (Å²) in [5.41, 5.74) is 0.784. The Morgan fingerprint density at radius 2 is 1.93 bits per heavy atom. The van der Waals surface area contributed by atoms with Crippen molar-refractivity contribution < 1.29 is 9.59 Å². The van der Waals surface area contributed by atoms with Gasteiger partial charge in [-0.05, 0) is 34.1 Å². The summed E-state index contributed by atoms with van der Waals surface area (Å²) in [5.74, 6) is 0.804. The molecule has 0 saturated carbocycles. The summed E-state index contributed by atoms with van der Waals surface area (Å²) in [7, 11) is 0. The van der Waals surface area contributed by atoms with Crippen LogP contribution in [0.4, 0.5) is 4.79 Å². The van der Waals surface area contributed by atoms with Gasteiger partial charge in [-0.2, -0.15) is 0 Å². The number of fused-ring (bicyclic) bond motifs is 1. The molecule has 2 atom stereocenters. The van der Waals surface area contributed by atoms with E-state index in [2.05, 4.69) is 9.97 Å². The summed E-state index contributed by atoms with van der Waals surface area (Å²) in [5, 5.41) is 0. The molecular weight excluding hydrogens is 346 g/mol. The van der Waals surface area contributed by atoms with Gasteiger partial charge in [0.2, 0.25) is 5.91 Å². The number of H-pyrrole nitrogens is 1. The zero-order valence-corrected chi connectivity index (χ0v) is 16.6. The van der Waals surface area contributed by atoms with E-state index in [-0.39, 0.29) is 30.0 Å². The molecule has 2 fully saturated rings. The van der Waals surface area contributed by atoms with Gasteiger partial charge in [-0.15, -0.1) is 0 Å². The van der Waals surface area contributed by atoms with E-state index in [0.29, 0.717) is 49.2 Å². The summed E-state index contributed by atoms with van der Waals surface area (Å²) in [6.07, 6.45) is 0.977. The second-order valence-corrected chi connectivity index (χ2v) is 7.46. The number of nitrogens with one attached hydrogen (secondary N) is 1. The second-order valence-electron chi connectivity index (χ2n) is 7.46. The standard InChI is InChI=1S/C19H29N5O3/c1-5-22(6-2)19(27)24-8-7-14-10-23(11-16(14)24)17(25)9-15-12(3)20-13(4)21-18(15)26/h14,16H,5-11H2,1-4H3,(H,20,21,26)/t14-,16+/m0/s1. The number of rotatable bonds is 4. The highest BCUT2D eigenvalue weighted by Crippen LogP contribution is 2.32. The van der Waals surface area contributed by atoms with Gasteiger partial charge in [-0.1, -0.05) is 0 Å². The average molecular weight is 375 g/mol. The highest BCUT2D eigenvalue weighted by atomic mass is 16.2. The number of hydrogen-bond acceptors (Lipinski definition) is 4. The van der Waals surface area contributed by atoms with Crippen molar-refractivity contribution in [2.24, 2.45) is 5.92 Å². The topological polar surface area (TPSA) is 89.6 Å². The number of nitrogens with zero attached hydrogens (tertiary/aromatic N) is 4. The predicted octanol–water partition coefficient (Wildman–Crippen LogP) is 0.924. The fourth-order valence-corrected chi connectivity index (χ4v) is 4.30. The zero-order chi connectivity index (χ0) is 19.7. The molecule has 2 aliphatic heterocycles. The van der Waals surface area contributed by atoms with Crippen LogP contribution in [0.5, 0.6) is 0 Å². The normalized spacial score (nSPS) is 21.5. The Kier molecular flexibility index (Phi) is 5.53. The van der Waals surface area contributed by atoms with Gasteiger partial charge in [0.1, 0.15) is 5.82 Å². The first-order valence-electron chi connectivity index (χ1n) is 9.75. The third-order valence-electron chi connectivity index (χ3n) is 5.85. The van der Waals surface area contributed by atoms with Crippen LogP contribution in [0.15, 0.2) is 4.79 Å². The minimum atomic E-state index is -0.244. The quantitative estimate of drug-likeness (QED) is 0.848. The molecule has 2 aliphatic rings. The van der Waals surface area contributed by atoms with Crippen LogP contribution in [0, 0.1) is 19.8 Å². The lowest BCUT2D eigenvalue weighted by atomic mass is 10.1. The second kappa shape index (κ2) is 7.70. The fourth-order valence-electron chi connectivity index (χ4n) is 4.30. The van der Waals surface area contributed by atoms with E-state index < -0.39 is 0 Å². The monoisotopic (exact) mass is 375 g/mol. The third-order valence-corrected chi connectivity index (χ3v) is 5.85. The molecule has 0 spiro atoms. The molecule has 0 radical (unpaired) electrons. The van der Waals surface area contributed by atoms with Crippen LogP contribution >= 0.6 is 0 Å². The van der Waals surface area contributed by atoms with Gasteiger partial charge in [0.05, 0.1) is 12.5 Å². The lowest BCUT2D eigenvalue weighted by Crippen LogP contribution is -2.47. The van der Waals surface area contributed by atoms with Crippen LogP contribution in [-0.2, 0) is 11.2 Å². The lowest BCUT2D eigenvalue weighted by Gasteiger charge is -2.30. The van der Waals surface area contributed by atoms with Crippen LogP contribution in [0.2, 0.25) is 0 Å². The Morgan fingerprint density at radius 3 is 2.56 bits per heavy atom. The zero-order valence-electron chi connectivity index (χ0n) is 16.6. The molecular formula is C19H29N5O3. The van der Waals surface area contributed by atoms with Crippen molar-refractivity contribution in [1.82, 2.24) is 24.7 Å². The van der Waals surface area contributed by atoms with Crippen LogP contribution in [0.3, 0.4) is 0 Å². The van der Waals surface area contributed by atoms with Crippen molar-refractivity contribution >= 4 is 11.9 Å². The van der Waals surface area contributed by atoms with Crippen LogP contribution in [-0.4, -0.2) is 75.4 Å². The molecule has 3 rings (SSSR count). The van der Waals surface area contributed by atoms with Gasteiger partial charge in [0.25, 0.3) is 5.56 Å². The molecule has 1 aromatic rings. The van der Waals surface area contributed by atoms with Crippen molar-refractivity contribution in [3.05, 3.63) is 27.4 Å². The Hall–Kier alpha value is -2.38. The van der Waals surface area contributed by atoms with E-state index in [1.807, 2.05) is 23.6 Å². The first-order chi connectivity index (χ1) is 12.8.